The smallest absolute Gasteiger partial charge is 0.0438 e. The van der Waals surface area contributed by atoms with Crippen LogP contribution in [0.4, 0.5) is 5.69 Å². The number of piperazine rings is 1. The summed E-state index contributed by atoms with van der Waals surface area (Å²) in [5.41, 5.74) is 2.79. The summed E-state index contributed by atoms with van der Waals surface area (Å²) in [7, 11) is 0. The largest absolute Gasteiger partial charge is 0.365 e. The van der Waals surface area contributed by atoms with Gasteiger partial charge in [0.25, 0.3) is 0 Å². The van der Waals surface area contributed by atoms with Gasteiger partial charge < -0.3 is 10.2 Å². The maximum Gasteiger partial charge on any atom is 0.0438 e. The van der Waals surface area contributed by atoms with E-state index < -0.39 is 0 Å². The highest BCUT2D eigenvalue weighted by Gasteiger charge is 2.34. The van der Waals surface area contributed by atoms with E-state index in [9.17, 15) is 0 Å². The fourth-order valence-electron chi connectivity index (χ4n) is 2.73. The highest BCUT2D eigenvalue weighted by molar-refractivity contribution is 9.10. The zero-order chi connectivity index (χ0) is 14.2. The van der Waals surface area contributed by atoms with Gasteiger partial charge in [-0.1, -0.05) is 35.8 Å². The summed E-state index contributed by atoms with van der Waals surface area (Å²) in [5, 5.41) is 3.66. The van der Waals surface area contributed by atoms with Gasteiger partial charge in [-0.2, -0.15) is 0 Å². The molecule has 0 amide bonds. The zero-order valence-electron chi connectivity index (χ0n) is 12.6. The molecule has 1 saturated heterocycles. The molecule has 1 aromatic rings. The van der Waals surface area contributed by atoms with Crippen LogP contribution in [0.3, 0.4) is 0 Å². The van der Waals surface area contributed by atoms with Crippen molar-refractivity contribution in [2.75, 3.05) is 18.0 Å². The van der Waals surface area contributed by atoms with Crippen LogP contribution in [0.5, 0.6) is 0 Å². The summed E-state index contributed by atoms with van der Waals surface area (Å²) in [4.78, 5) is 2.56. The number of halogens is 1. The van der Waals surface area contributed by atoms with Crippen molar-refractivity contribution in [1.82, 2.24) is 5.32 Å². The minimum atomic E-state index is 0.169. The van der Waals surface area contributed by atoms with Crippen molar-refractivity contribution in [2.45, 2.75) is 46.2 Å². The van der Waals surface area contributed by atoms with Gasteiger partial charge in [0.1, 0.15) is 0 Å². The van der Waals surface area contributed by atoms with Crippen LogP contribution in [0.2, 0.25) is 0 Å². The van der Waals surface area contributed by atoms with Crippen molar-refractivity contribution in [3.05, 3.63) is 28.2 Å². The van der Waals surface area contributed by atoms with E-state index in [4.69, 9.17) is 0 Å². The topological polar surface area (TPSA) is 15.3 Å². The van der Waals surface area contributed by atoms with E-state index in [1.54, 1.807) is 0 Å². The maximum atomic E-state index is 3.66. The van der Waals surface area contributed by atoms with Crippen LogP contribution < -0.4 is 10.2 Å². The Labute approximate surface area is 125 Å². The maximum absolute atomic E-state index is 3.66. The predicted octanol–water partition coefficient (Wildman–Crippen LogP) is 3.97. The Balaban J connectivity index is 2.33. The van der Waals surface area contributed by atoms with Crippen LogP contribution in [-0.4, -0.2) is 24.7 Å². The lowest BCUT2D eigenvalue weighted by atomic mass is 9.92. The average molecular weight is 325 g/mol. The highest BCUT2D eigenvalue weighted by atomic mass is 79.9. The molecule has 1 aliphatic heterocycles. The fourth-order valence-corrected chi connectivity index (χ4v) is 3.10. The minimum Gasteiger partial charge on any atom is -0.365 e. The Kier molecular flexibility index (Phi) is 4.26. The average Bonchev–Trinajstić information content (AvgIpc) is 2.31. The van der Waals surface area contributed by atoms with Gasteiger partial charge >= 0.3 is 0 Å². The van der Waals surface area contributed by atoms with Crippen LogP contribution in [-0.2, 0) is 0 Å². The number of nitrogens with zero attached hydrogens (tertiary/aromatic N) is 1. The summed E-state index contributed by atoms with van der Waals surface area (Å²) in [5.74, 6) is 0.642. The Hall–Kier alpha value is -0.540. The van der Waals surface area contributed by atoms with E-state index in [1.165, 1.54) is 15.7 Å². The normalized spacial score (nSPS) is 22.9. The molecule has 1 N–H and O–H groups in total. The number of rotatable bonds is 2. The minimum absolute atomic E-state index is 0.169. The second kappa shape index (κ2) is 5.45. The monoisotopic (exact) mass is 324 g/mol. The van der Waals surface area contributed by atoms with E-state index in [0.29, 0.717) is 12.0 Å². The van der Waals surface area contributed by atoms with Crippen molar-refractivity contribution in [2.24, 2.45) is 5.92 Å². The Bertz CT molecular complexity index is 454. The SMILES string of the molecule is Cc1ccc(N2CC(C)(C)NCC2C(C)C)cc1Br. The molecular formula is C16H25BrN2. The van der Waals surface area contributed by atoms with E-state index in [2.05, 4.69) is 79.0 Å². The molecule has 0 aromatic heterocycles. The summed E-state index contributed by atoms with van der Waals surface area (Å²) in [6.45, 7) is 13.4. The standard InChI is InChI=1S/C16H25BrN2/c1-11(2)15-9-18-16(4,5)10-19(15)13-7-6-12(3)14(17)8-13/h6-8,11,15,18H,9-10H2,1-5H3. The first-order chi connectivity index (χ1) is 8.80. The Morgan fingerprint density at radius 1 is 1.37 bits per heavy atom. The number of aryl methyl sites for hydroxylation is 1. The zero-order valence-corrected chi connectivity index (χ0v) is 14.2. The molecule has 0 saturated carbocycles. The molecule has 1 unspecified atom stereocenters. The van der Waals surface area contributed by atoms with Gasteiger partial charge in [0.05, 0.1) is 0 Å². The van der Waals surface area contributed by atoms with Gasteiger partial charge in [0.2, 0.25) is 0 Å². The van der Waals surface area contributed by atoms with Crippen LogP contribution in [0.1, 0.15) is 33.3 Å². The molecule has 0 radical (unpaired) electrons. The van der Waals surface area contributed by atoms with E-state index in [-0.39, 0.29) is 5.54 Å². The van der Waals surface area contributed by atoms with Crippen molar-refractivity contribution in [3.8, 4) is 0 Å². The highest BCUT2D eigenvalue weighted by Crippen LogP contribution is 2.30. The molecule has 1 aromatic carbocycles. The lowest BCUT2D eigenvalue weighted by Crippen LogP contribution is -2.63. The summed E-state index contributed by atoms with van der Waals surface area (Å²) < 4.78 is 1.20. The van der Waals surface area contributed by atoms with Gasteiger partial charge in [-0.3, -0.25) is 0 Å². The van der Waals surface area contributed by atoms with E-state index in [1.807, 2.05) is 0 Å². The summed E-state index contributed by atoms with van der Waals surface area (Å²) >= 11 is 3.66. The molecule has 2 nitrogen and oxygen atoms in total. The first kappa shape index (κ1) is 14.9. The second-order valence-corrected chi connectivity index (χ2v) is 7.49. The van der Waals surface area contributed by atoms with Gasteiger partial charge in [0.15, 0.2) is 0 Å². The molecule has 0 aliphatic carbocycles. The number of nitrogens with one attached hydrogen (secondary N) is 1. The molecular weight excluding hydrogens is 300 g/mol. The quantitative estimate of drug-likeness (QED) is 0.885. The van der Waals surface area contributed by atoms with Gasteiger partial charge in [0, 0.05) is 34.8 Å². The van der Waals surface area contributed by atoms with Gasteiger partial charge in [-0.05, 0) is 44.4 Å². The van der Waals surface area contributed by atoms with Crippen LogP contribution >= 0.6 is 15.9 Å². The second-order valence-electron chi connectivity index (χ2n) is 6.64. The third-order valence-corrected chi connectivity index (χ3v) is 4.87. The molecule has 2 rings (SSSR count). The van der Waals surface area contributed by atoms with Crippen LogP contribution in [0, 0.1) is 12.8 Å². The molecule has 1 heterocycles. The molecule has 106 valence electrons. The van der Waals surface area contributed by atoms with Gasteiger partial charge in [-0.25, -0.2) is 0 Å². The lowest BCUT2D eigenvalue weighted by Gasteiger charge is -2.47. The molecule has 0 bridgehead atoms. The molecule has 19 heavy (non-hydrogen) atoms. The van der Waals surface area contributed by atoms with Crippen molar-refractivity contribution < 1.29 is 0 Å². The van der Waals surface area contributed by atoms with Crippen molar-refractivity contribution in [3.63, 3.8) is 0 Å². The van der Waals surface area contributed by atoms with Crippen molar-refractivity contribution >= 4 is 21.6 Å². The summed E-state index contributed by atoms with van der Waals surface area (Å²) in [6, 6.07) is 7.26. The molecule has 1 fully saturated rings. The fraction of sp³-hybridized carbons (Fsp3) is 0.625. The van der Waals surface area contributed by atoms with Crippen molar-refractivity contribution in [1.29, 1.82) is 0 Å². The molecule has 1 atom stereocenters. The molecule has 3 heteroatoms. The predicted molar refractivity (Wildman–Crippen MR) is 86.9 cm³/mol. The third-order valence-electron chi connectivity index (χ3n) is 4.01. The Morgan fingerprint density at radius 3 is 2.63 bits per heavy atom. The lowest BCUT2D eigenvalue weighted by molar-refractivity contribution is 0.277. The number of benzene rings is 1. The van der Waals surface area contributed by atoms with Crippen LogP contribution in [0.25, 0.3) is 0 Å². The first-order valence-electron chi connectivity index (χ1n) is 7.08. The number of hydrogen-bond donors (Lipinski definition) is 1. The third kappa shape index (κ3) is 3.32. The van der Waals surface area contributed by atoms with Crippen LogP contribution in [0.15, 0.2) is 22.7 Å². The summed E-state index contributed by atoms with van der Waals surface area (Å²) in [6.07, 6.45) is 0. The number of anilines is 1. The van der Waals surface area contributed by atoms with E-state index in [0.717, 1.165) is 13.1 Å². The molecule has 0 spiro atoms. The van der Waals surface area contributed by atoms with Gasteiger partial charge in [-0.15, -0.1) is 0 Å². The molecule has 1 aliphatic rings. The number of hydrogen-bond acceptors (Lipinski definition) is 2. The Morgan fingerprint density at radius 2 is 2.05 bits per heavy atom. The van der Waals surface area contributed by atoms with E-state index >= 15 is 0 Å². The first-order valence-corrected chi connectivity index (χ1v) is 7.87.